The Bertz CT molecular complexity index is 893. The molecule has 1 N–H and O–H groups in total. The maximum Gasteiger partial charge on any atom is 0.167 e. The molecule has 0 aliphatic heterocycles. The Morgan fingerprint density at radius 2 is 2.17 bits per heavy atom. The van der Waals surface area contributed by atoms with Crippen LogP contribution in [0.5, 0.6) is 5.75 Å². The molecule has 1 atom stereocenters. The number of ether oxygens (including phenoxy) is 1. The average molecular weight is 344 g/mol. The first kappa shape index (κ1) is 15.3. The highest BCUT2D eigenvalue weighted by Gasteiger charge is 2.34. The van der Waals surface area contributed by atoms with Gasteiger partial charge in [0, 0.05) is 22.5 Å². The van der Waals surface area contributed by atoms with Gasteiger partial charge in [0.25, 0.3) is 0 Å². The third-order valence-corrected chi connectivity index (χ3v) is 5.24. The second kappa shape index (κ2) is 5.98. The molecule has 2 aromatic heterocycles. The second-order valence-corrected chi connectivity index (χ2v) is 6.90. The lowest BCUT2D eigenvalue weighted by Gasteiger charge is -2.18. The zero-order chi connectivity index (χ0) is 16.7. The number of methoxy groups -OCH3 is 1. The maximum atomic E-state index is 13.9. The van der Waals surface area contributed by atoms with Gasteiger partial charge in [-0.1, -0.05) is 0 Å². The SMILES string of the molecule is COc1cc2c(NC(c3nc(C)cs3)C3CC3)ncnc2cc1F. The molecule has 1 saturated carbocycles. The van der Waals surface area contributed by atoms with Crippen molar-refractivity contribution in [2.24, 2.45) is 5.92 Å². The van der Waals surface area contributed by atoms with Crippen molar-refractivity contribution in [1.82, 2.24) is 15.0 Å². The van der Waals surface area contributed by atoms with Crippen molar-refractivity contribution in [3.8, 4) is 5.75 Å². The van der Waals surface area contributed by atoms with E-state index in [-0.39, 0.29) is 11.8 Å². The van der Waals surface area contributed by atoms with Crippen molar-refractivity contribution < 1.29 is 9.13 Å². The van der Waals surface area contributed by atoms with Crippen molar-refractivity contribution >= 4 is 28.1 Å². The fourth-order valence-electron chi connectivity index (χ4n) is 2.80. The van der Waals surface area contributed by atoms with E-state index in [1.165, 1.54) is 32.3 Å². The van der Waals surface area contributed by atoms with E-state index in [0.29, 0.717) is 17.3 Å². The lowest BCUT2D eigenvalue weighted by Crippen LogP contribution is -2.14. The van der Waals surface area contributed by atoms with Crippen LogP contribution in [-0.4, -0.2) is 22.1 Å². The van der Waals surface area contributed by atoms with Crippen LogP contribution in [0.25, 0.3) is 10.9 Å². The molecule has 0 bridgehead atoms. The minimum Gasteiger partial charge on any atom is -0.494 e. The molecule has 0 radical (unpaired) electrons. The van der Waals surface area contributed by atoms with Crippen LogP contribution < -0.4 is 10.1 Å². The summed E-state index contributed by atoms with van der Waals surface area (Å²) in [6.45, 7) is 2.00. The Balaban J connectivity index is 1.75. The van der Waals surface area contributed by atoms with Crippen molar-refractivity contribution in [3.05, 3.63) is 40.4 Å². The summed E-state index contributed by atoms with van der Waals surface area (Å²) in [4.78, 5) is 13.2. The summed E-state index contributed by atoms with van der Waals surface area (Å²) in [5, 5.41) is 7.37. The van der Waals surface area contributed by atoms with Gasteiger partial charge in [-0.15, -0.1) is 11.3 Å². The number of hydrogen-bond donors (Lipinski definition) is 1. The molecule has 7 heteroatoms. The molecule has 1 aliphatic carbocycles. The van der Waals surface area contributed by atoms with Gasteiger partial charge in [-0.3, -0.25) is 0 Å². The number of anilines is 1. The predicted octanol–water partition coefficient (Wildman–Crippen LogP) is 4.11. The molecule has 1 fully saturated rings. The van der Waals surface area contributed by atoms with Crippen molar-refractivity contribution in [2.45, 2.75) is 25.8 Å². The Kier molecular flexibility index (Phi) is 3.80. The first-order chi connectivity index (χ1) is 11.7. The summed E-state index contributed by atoms with van der Waals surface area (Å²) in [5.41, 5.74) is 1.58. The van der Waals surface area contributed by atoms with Crippen LogP contribution in [0.3, 0.4) is 0 Å². The average Bonchev–Trinajstić information content (AvgIpc) is 3.33. The summed E-state index contributed by atoms with van der Waals surface area (Å²) < 4.78 is 19.0. The number of halogens is 1. The lowest BCUT2D eigenvalue weighted by atomic mass is 10.1. The first-order valence-corrected chi connectivity index (χ1v) is 8.70. The number of hydrogen-bond acceptors (Lipinski definition) is 6. The molecule has 2 heterocycles. The van der Waals surface area contributed by atoms with Gasteiger partial charge in [-0.2, -0.15) is 0 Å². The van der Waals surface area contributed by atoms with Gasteiger partial charge in [0.1, 0.15) is 17.2 Å². The smallest absolute Gasteiger partial charge is 0.167 e. The van der Waals surface area contributed by atoms with Crippen LogP contribution in [0.2, 0.25) is 0 Å². The first-order valence-electron chi connectivity index (χ1n) is 7.82. The molecule has 4 rings (SSSR count). The van der Waals surface area contributed by atoms with Gasteiger partial charge in [-0.25, -0.2) is 19.3 Å². The number of nitrogens with zero attached hydrogens (tertiary/aromatic N) is 3. The predicted molar refractivity (Wildman–Crippen MR) is 92.0 cm³/mol. The number of rotatable bonds is 5. The standard InChI is InChI=1S/C17H17FN4OS/c1-9-7-24-17(21-9)15(10-3-4-10)22-16-11-5-14(23-2)12(18)6-13(11)19-8-20-16/h5-8,10,15H,3-4H2,1-2H3,(H,19,20,22). The Morgan fingerprint density at radius 1 is 1.33 bits per heavy atom. The van der Waals surface area contributed by atoms with E-state index in [2.05, 4.69) is 25.6 Å². The van der Waals surface area contributed by atoms with Crippen LogP contribution in [0.1, 0.15) is 29.6 Å². The molecule has 24 heavy (non-hydrogen) atoms. The van der Waals surface area contributed by atoms with E-state index in [9.17, 15) is 4.39 Å². The molecule has 5 nitrogen and oxygen atoms in total. The topological polar surface area (TPSA) is 59.9 Å². The van der Waals surface area contributed by atoms with Crippen molar-refractivity contribution in [2.75, 3.05) is 12.4 Å². The van der Waals surface area contributed by atoms with Crippen LogP contribution >= 0.6 is 11.3 Å². The van der Waals surface area contributed by atoms with Gasteiger partial charge < -0.3 is 10.1 Å². The molecule has 0 spiro atoms. The molecule has 1 unspecified atom stereocenters. The molecule has 1 aromatic carbocycles. The van der Waals surface area contributed by atoms with Crippen molar-refractivity contribution in [3.63, 3.8) is 0 Å². The number of fused-ring (bicyclic) bond motifs is 1. The molecular weight excluding hydrogens is 327 g/mol. The van der Waals surface area contributed by atoms with Crippen LogP contribution in [-0.2, 0) is 0 Å². The Labute approximate surface area is 142 Å². The van der Waals surface area contributed by atoms with E-state index in [1.54, 1.807) is 17.4 Å². The lowest BCUT2D eigenvalue weighted by molar-refractivity contribution is 0.387. The van der Waals surface area contributed by atoms with E-state index in [0.717, 1.165) is 16.1 Å². The zero-order valence-electron chi connectivity index (χ0n) is 13.4. The quantitative estimate of drug-likeness (QED) is 0.755. The maximum absolute atomic E-state index is 13.9. The third-order valence-electron chi connectivity index (χ3n) is 4.20. The molecule has 3 aromatic rings. The van der Waals surface area contributed by atoms with E-state index < -0.39 is 5.82 Å². The Morgan fingerprint density at radius 3 is 2.83 bits per heavy atom. The molecule has 0 amide bonds. The second-order valence-electron chi connectivity index (χ2n) is 6.01. The summed E-state index contributed by atoms with van der Waals surface area (Å²) in [6.07, 6.45) is 3.81. The number of aryl methyl sites for hydroxylation is 1. The highest BCUT2D eigenvalue weighted by atomic mass is 32.1. The monoisotopic (exact) mass is 344 g/mol. The summed E-state index contributed by atoms with van der Waals surface area (Å²) in [7, 11) is 1.45. The number of aromatic nitrogens is 3. The summed E-state index contributed by atoms with van der Waals surface area (Å²) >= 11 is 1.66. The molecular formula is C17H17FN4OS. The van der Waals surface area contributed by atoms with E-state index >= 15 is 0 Å². The molecule has 1 aliphatic rings. The fourth-order valence-corrected chi connectivity index (χ4v) is 3.74. The largest absolute Gasteiger partial charge is 0.494 e. The highest BCUT2D eigenvalue weighted by Crippen LogP contribution is 2.44. The van der Waals surface area contributed by atoms with E-state index in [4.69, 9.17) is 4.74 Å². The molecule has 124 valence electrons. The minimum atomic E-state index is -0.427. The van der Waals surface area contributed by atoms with E-state index in [1.807, 2.05) is 6.92 Å². The number of nitrogens with one attached hydrogen (secondary N) is 1. The zero-order valence-corrected chi connectivity index (χ0v) is 14.2. The van der Waals surface area contributed by atoms with Gasteiger partial charge in [0.05, 0.1) is 18.7 Å². The van der Waals surface area contributed by atoms with Crippen LogP contribution in [0.4, 0.5) is 10.2 Å². The Hall–Kier alpha value is -2.28. The normalized spacial score (nSPS) is 15.5. The van der Waals surface area contributed by atoms with Gasteiger partial charge in [-0.05, 0) is 31.7 Å². The molecule has 0 saturated heterocycles. The van der Waals surface area contributed by atoms with Gasteiger partial charge in [0.15, 0.2) is 11.6 Å². The van der Waals surface area contributed by atoms with Crippen molar-refractivity contribution in [1.29, 1.82) is 0 Å². The minimum absolute atomic E-state index is 0.123. The fraction of sp³-hybridized carbons (Fsp3) is 0.353. The number of thiazole rings is 1. The van der Waals surface area contributed by atoms with Gasteiger partial charge in [0.2, 0.25) is 0 Å². The summed E-state index contributed by atoms with van der Waals surface area (Å²) in [6, 6.07) is 3.14. The summed E-state index contributed by atoms with van der Waals surface area (Å²) in [5.74, 6) is 1.00. The van der Waals surface area contributed by atoms with Crippen LogP contribution in [0, 0.1) is 18.7 Å². The third kappa shape index (κ3) is 2.80. The van der Waals surface area contributed by atoms with Crippen LogP contribution in [0.15, 0.2) is 23.8 Å². The highest BCUT2D eigenvalue weighted by molar-refractivity contribution is 7.09. The van der Waals surface area contributed by atoms with Gasteiger partial charge >= 0.3 is 0 Å². The number of benzene rings is 1.